The van der Waals surface area contributed by atoms with Crippen LogP contribution >= 0.6 is 0 Å². The molecule has 0 nitrogen and oxygen atoms in total. The molecule has 0 fully saturated rings. The third-order valence-electron chi connectivity index (χ3n) is 1.82. The second-order valence-electron chi connectivity index (χ2n) is 3.60. The van der Waals surface area contributed by atoms with Crippen LogP contribution in [0.4, 0.5) is 0 Å². The summed E-state index contributed by atoms with van der Waals surface area (Å²) in [6, 6.07) is 0. The average molecular weight is 340 g/mol. The summed E-state index contributed by atoms with van der Waals surface area (Å²) in [4.78, 5) is 0. The van der Waals surface area contributed by atoms with Crippen molar-refractivity contribution in [2.24, 2.45) is 0 Å². The Bertz CT molecular complexity index is 243. The van der Waals surface area contributed by atoms with Crippen molar-refractivity contribution in [1.29, 1.82) is 0 Å². The van der Waals surface area contributed by atoms with Crippen molar-refractivity contribution in [3.8, 4) is 0 Å². The van der Waals surface area contributed by atoms with Crippen molar-refractivity contribution in [3.63, 3.8) is 0 Å². The van der Waals surface area contributed by atoms with E-state index in [-0.39, 0.29) is 38.6 Å². The molecule has 2 heteroatoms. The molecule has 0 saturated heterocycles. The predicted molar refractivity (Wildman–Crippen MR) is 71.5 cm³/mol. The van der Waals surface area contributed by atoms with Gasteiger partial charge in [0.05, 0.1) is 0 Å². The molecule has 0 aromatic heterocycles. The van der Waals surface area contributed by atoms with Gasteiger partial charge < -0.3 is 19.0 Å². The summed E-state index contributed by atoms with van der Waals surface area (Å²) >= 11 is 0. The molecule has 0 N–H and O–H groups in total. The Kier molecular flexibility index (Phi) is 24.6. The van der Waals surface area contributed by atoms with E-state index in [9.17, 15) is 0 Å². The van der Waals surface area contributed by atoms with E-state index in [0.29, 0.717) is 0 Å². The van der Waals surface area contributed by atoms with E-state index in [4.69, 9.17) is 6.58 Å². The molecule has 2 aliphatic carbocycles. The molecule has 0 unspecified atom stereocenters. The van der Waals surface area contributed by atoms with E-state index in [1.807, 2.05) is 31.2 Å². The molecule has 0 heterocycles. The average Bonchev–Trinajstić information content (AvgIpc) is 2.98. The van der Waals surface area contributed by atoms with E-state index >= 15 is 0 Å². The van der Waals surface area contributed by atoms with Crippen molar-refractivity contribution >= 4 is 0 Å². The molecule has 0 spiro atoms. The number of halogens is 1. The van der Waals surface area contributed by atoms with Crippen LogP contribution in [0.3, 0.4) is 0 Å². The first-order chi connectivity index (χ1) is 7.77. The second-order valence-corrected chi connectivity index (χ2v) is 3.60. The molecular weight excluding hydrogens is 319 g/mol. The first-order valence-corrected chi connectivity index (χ1v) is 5.78. The van der Waals surface area contributed by atoms with Crippen molar-refractivity contribution < 1.29 is 38.6 Å². The van der Waals surface area contributed by atoms with Gasteiger partial charge in [0.2, 0.25) is 0 Å². The Labute approximate surface area is 138 Å². The van der Waals surface area contributed by atoms with Gasteiger partial charge in [-0.05, 0) is 0 Å². The van der Waals surface area contributed by atoms with Crippen LogP contribution in [0.1, 0.15) is 39.5 Å². The van der Waals surface area contributed by atoms with E-state index in [1.54, 1.807) is 0 Å². The van der Waals surface area contributed by atoms with Crippen LogP contribution < -0.4 is 12.4 Å². The fourth-order valence-electron chi connectivity index (χ4n) is 1.07. The minimum absolute atomic E-state index is 0. The van der Waals surface area contributed by atoms with Gasteiger partial charge >= 0.3 is 26.2 Å². The van der Waals surface area contributed by atoms with E-state index in [0.717, 1.165) is 24.8 Å². The third kappa shape index (κ3) is 21.2. The maximum absolute atomic E-state index is 5.32. The second kappa shape index (κ2) is 19.2. The summed E-state index contributed by atoms with van der Waals surface area (Å²) in [6.45, 7) is 9.39. The van der Waals surface area contributed by atoms with Crippen LogP contribution in [0.5, 0.6) is 0 Å². The summed E-state index contributed by atoms with van der Waals surface area (Å²) < 4.78 is 0. The molecule has 0 saturated carbocycles. The monoisotopic (exact) mass is 338 g/mol. The standard InChI is InChI=1S/C6H11.2C5H5.ClH.Zr/c1-4-5-6(2)3;2*1-2-4-5-3-1;;/h2H,4-5H2,1,3H3;2*1-3H,4H2;1H;/q3*-1;;+4/p-1. The first-order valence-electron chi connectivity index (χ1n) is 5.78. The molecule has 0 radical (unpaired) electrons. The fourth-order valence-corrected chi connectivity index (χ4v) is 1.07. The number of hydrogen-bond acceptors (Lipinski definition) is 0. The van der Waals surface area contributed by atoms with Crippen LogP contribution in [0, 0.1) is 18.7 Å². The van der Waals surface area contributed by atoms with Gasteiger partial charge in [0.25, 0.3) is 0 Å². The van der Waals surface area contributed by atoms with Crippen molar-refractivity contribution in [1.82, 2.24) is 0 Å². The van der Waals surface area contributed by atoms with Crippen molar-refractivity contribution in [2.75, 3.05) is 0 Å². The molecule has 96 valence electrons. The summed E-state index contributed by atoms with van der Waals surface area (Å²) in [7, 11) is 0. The Morgan fingerprint density at radius 3 is 1.61 bits per heavy atom. The Morgan fingerprint density at radius 2 is 1.56 bits per heavy atom. The Morgan fingerprint density at radius 1 is 1.11 bits per heavy atom. The largest absolute Gasteiger partial charge is 4.00 e. The first kappa shape index (κ1) is 23.0. The normalized spacial score (nSPS) is 12.6. The van der Waals surface area contributed by atoms with Crippen molar-refractivity contribution in [3.05, 3.63) is 60.8 Å². The van der Waals surface area contributed by atoms with Crippen LogP contribution in [0.25, 0.3) is 0 Å². The Balaban J connectivity index is -0.000000178. The molecule has 2 aliphatic rings. The quantitative estimate of drug-likeness (QED) is 0.673. The number of hydrogen-bond donors (Lipinski definition) is 0. The van der Waals surface area contributed by atoms with E-state index in [1.165, 1.54) is 6.42 Å². The number of allylic oxidation sites excluding steroid dienone is 9. The molecular formula is C16H21ClZr. The zero-order valence-electron chi connectivity index (χ0n) is 11.2. The zero-order chi connectivity index (χ0) is 12.1. The molecule has 18 heavy (non-hydrogen) atoms. The van der Waals surface area contributed by atoms with Crippen LogP contribution in [0.2, 0.25) is 0 Å². The van der Waals surface area contributed by atoms with Crippen LogP contribution in [0.15, 0.2) is 42.0 Å². The summed E-state index contributed by atoms with van der Waals surface area (Å²) in [5.41, 5.74) is 1.04. The van der Waals surface area contributed by atoms with Gasteiger partial charge in [-0.25, -0.2) is 24.3 Å². The topological polar surface area (TPSA) is 0 Å². The third-order valence-corrected chi connectivity index (χ3v) is 1.82. The van der Waals surface area contributed by atoms with Gasteiger partial charge in [-0.3, -0.25) is 17.7 Å². The summed E-state index contributed by atoms with van der Waals surface area (Å²) in [5, 5.41) is 0. The van der Waals surface area contributed by atoms with E-state index in [2.05, 4.69) is 31.2 Å². The van der Waals surface area contributed by atoms with Gasteiger partial charge in [0.1, 0.15) is 0 Å². The number of rotatable bonds is 2. The van der Waals surface area contributed by atoms with Gasteiger partial charge in [-0.15, -0.1) is 12.8 Å². The minimum atomic E-state index is 0. The van der Waals surface area contributed by atoms with Gasteiger partial charge in [0.15, 0.2) is 0 Å². The molecule has 0 amide bonds. The zero-order valence-corrected chi connectivity index (χ0v) is 14.5. The summed E-state index contributed by atoms with van der Waals surface area (Å²) in [6.07, 6.45) is 22.2. The van der Waals surface area contributed by atoms with Crippen LogP contribution in [-0.4, -0.2) is 0 Å². The summed E-state index contributed by atoms with van der Waals surface area (Å²) in [5.74, 6) is 0. The maximum atomic E-state index is 5.32. The van der Waals surface area contributed by atoms with Gasteiger partial charge in [-0.1, -0.05) is 26.7 Å². The predicted octanol–water partition coefficient (Wildman–Crippen LogP) is 1.78. The fraction of sp³-hybridized carbons (Fsp3) is 0.375. The Hall–Kier alpha value is -0.127. The molecule has 0 aromatic rings. The van der Waals surface area contributed by atoms with Gasteiger partial charge in [0, 0.05) is 0 Å². The molecule has 0 aliphatic heterocycles. The molecule has 0 atom stereocenters. The smallest absolute Gasteiger partial charge is 1.00 e. The minimum Gasteiger partial charge on any atom is -1.00 e. The van der Waals surface area contributed by atoms with Crippen molar-refractivity contribution in [2.45, 2.75) is 39.5 Å². The molecule has 0 bridgehead atoms. The molecule has 0 aromatic carbocycles. The van der Waals surface area contributed by atoms with Gasteiger partial charge in [-0.2, -0.15) is 12.2 Å². The maximum Gasteiger partial charge on any atom is 4.00 e. The van der Waals surface area contributed by atoms with Crippen LogP contribution in [-0.2, 0) is 26.2 Å². The van der Waals surface area contributed by atoms with E-state index < -0.39 is 0 Å². The SMILES string of the molecule is [C-]1=CC=CC1.[C-]1=CC=CC1.[CH-]=C(C)CCC.[Cl-].[Zr+4]. The molecule has 2 rings (SSSR count).